The van der Waals surface area contributed by atoms with Crippen molar-refractivity contribution in [3.8, 4) is 0 Å². The van der Waals surface area contributed by atoms with E-state index in [9.17, 15) is 0 Å². The lowest BCUT2D eigenvalue weighted by molar-refractivity contribution is 0.192. The first-order valence-electron chi connectivity index (χ1n) is 7.32. The highest BCUT2D eigenvalue weighted by molar-refractivity contribution is 4.98. The SMILES string of the molecule is CCNC(Cc1nc(C2CCOC2)no1)CC(C)C. The van der Waals surface area contributed by atoms with Crippen LogP contribution in [-0.4, -0.2) is 35.9 Å². The Kier molecular flexibility index (Phi) is 5.34. The van der Waals surface area contributed by atoms with Gasteiger partial charge in [-0.2, -0.15) is 4.98 Å². The maximum atomic E-state index is 5.38. The molecule has 0 amide bonds. The van der Waals surface area contributed by atoms with Crippen molar-refractivity contribution in [1.29, 1.82) is 0 Å². The molecule has 1 saturated heterocycles. The molecule has 0 spiro atoms. The van der Waals surface area contributed by atoms with E-state index in [1.807, 2.05) is 0 Å². The average Bonchev–Trinajstić information content (AvgIpc) is 2.97. The maximum absolute atomic E-state index is 5.38. The van der Waals surface area contributed by atoms with E-state index in [0.717, 1.165) is 50.7 Å². The number of rotatable bonds is 7. The number of hydrogen-bond acceptors (Lipinski definition) is 5. The summed E-state index contributed by atoms with van der Waals surface area (Å²) in [4.78, 5) is 4.52. The first-order chi connectivity index (χ1) is 9.19. The van der Waals surface area contributed by atoms with Crippen LogP contribution in [0.25, 0.3) is 0 Å². The third-order valence-corrected chi connectivity index (χ3v) is 3.45. The predicted molar refractivity (Wildman–Crippen MR) is 73.1 cm³/mol. The summed E-state index contributed by atoms with van der Waals surface area (Å²) < 4.78 is 10.7. The number of nitrogens with one attached hydrogen (secondary N) is 1. The van der Waals surface area contributed by atoms with Crippen molar-refractivity contribution in [3.63, 3.8) is 0 Å². The van der Waals surface area contributed by atoms with Crippen molar-refractivity contribution in [2.24, 2.45) is 5.92 Å². The van der Waals surface area contributed by atoms with E-state index >= 15 is 0 Å². The summed E-state index contributed by atoms with van der Waals surface area (Å²) in [7, 11) is 0. The standard InChI is InChI=1S/C14H25N3O2/c1-4-15-12(7-10(2)3)8-13-16-14(17-19-13)11-5-6-18-9-11/h10-12,15H,4-9H2,1-3H3. The third kappa shape index (κ3) is 4.28. The van der Waals surface area contributed by atoms with Crippen molar-refractivity contribution in [1.82, 2.24) is 15.5 Å². The van der Waals surface area contributed by atoms with Gasteiger partial charge in [-0.05, 0) is 25.3 Å². The Morgan fingerprint density at radius 3 is 2.89 bits per heavy atom. The molecule has 0 aromatic carbocycles. The van der Waals surface area contributed by atoms with Crippen LogP contribution in [0.1, 0.15) is 51.2 Å². The number of likely N-dealkylation sites (N-methyl/N-ethyl adjacent to an activating group) is 1. The highest BCUT2D eigenvalue weighted by Gasteiger charge is 2.24. The highest BCUT2D eigenvalue weighted by Crippen LogP contribution is 2.22. The molecule has 1 aromatic rings. The van der Waals surface area contributed by atoms with Crippen molar-refractivity contribution < 1.29 is 9.26 Å². The molecular weight excluding hydrogens is 242 g/mol. The fraction of sp³-hybridized carbons (Fsp3) is 0.857. The van der Waals surface area contributed by atoms with E-state index in [-0.39, 0.29) is 0 Å². The number of ether oxygens (including phenoxy) is 1. The van der Waals surface area contributed by atoms with Gasteiger partial charge in [0.15, 0.2) is 5.82 Å². The zero-order valence-corrected chi connectivity index (χ0v) is 12.2. The molecule has 5 heteroatoms. The summed E-state index contributed by atoms with van der Waals surface area (Å²) in [6.45, 7) is 9.10. The molecule has 0 saturated carbocycles. The second-order valence-corrected chi connectivity index (χ2v) is 5.70. The number of nitrogens with zero attached hydrogens (tertiary/aromatic N) is 2. The summed E-state index contributed by atoms with van der Waals surface area (Å²) in [5.74, 6) is 2.54. The van der Waals surface area contributed by atoms with Gasteiger partial charge in [0.25, 0.3) is 0 Å². The lowest BCUT2D eigenvalue weighted by atomic mass is 10.0. The molecule has 2 unspecified atom stereocenters. The van der Waals surface area contributed by atoms with Crippen LogP contribution >= 0.6 is 0 Å². The van der Waals surface area contributed by atoms with Gasteiger partial charge in [-0.1, -0.05) is 25.9 Å². The van der Waals surface area contributed by atoms with Gasteiger partial charge in [-0.15, -0.1) is 0 Å². The summed E-state index contributed by atoms with van der Waals surface area (Å²) >= 11 is 0. The Hall–Kier alpha value is -0.940. The van der Waals surface area contributed by atoms with E-state index in [1.54, 1.807) is 0 Å². The molecule has 2 rings (SSSR count). The minimum Gasteiger partial charge on any atom is -0.381 e. The lowest BCUT2D eigenvalue weighted by Gasteiger charge is -2.17. The van der Waals surface area contributed by atoms with E-state index in [1.165, 1.54) is 0 Å². The molecule has 1 aromatic heterocycles. The Labute approximate surface area is 115 Å². The van der Waals surface area contributed by atoms with Crippen LogP contribution in [-0.2, 0) is 11.2 Å². The van der Waals surface area contributed by atoms with Gasteiger partial charge < -0.3 is 14.6 Å². The Morgan fingerprint density at radius 1 is 1.42 bits per heavy atom. The van der Waals surface area contributed by atoms with E-state index in [2.05, 4.69) is 36.2 Å². The molecule has 2 heterocycles. The van der Waals surface area contributed by atoms with Gasteiger partial charge in [0, 0.05) is 25.0 Å². The number of aromatic nitrogens is 2. The van der Waals surface area contributed by atoms with Gasteiger partial charge >= 0.3 is 0 Å². The molecule has 19 heavy (non-hydrogen) atoms. The quantitative estimate of drug-likeness (QED) is 0.820. The molecule has 2 atom stereocenters. The zero-order valence-electron chi connectivity index (χ0n) is 12.2. The second kappa shape index (κ2) is 7.01. The molecule has 1 N–H and O–H groups in total. The maximum Gasteiger partial charge on any atom is 0.228 e. The minimum absolute atomic E-state index is 0.320. The van der Waals surface area contributed by atoms with Crippen LogP contribution in [0.4, 0.5) is 0 Å². The first-order valence-corrected chi connectivity index (χ1v) is 7.32. The van der Waals surface area contributed by atoms with Crippen molar-refractivity contribution in [3.05, 3.63) is 11.7 Å². The Bertz CT molecular complexity index is 373. The monoisotopic (exact) mass is 267 g/mol. The summed E-state index contributed by atoms with van der Waals surface area (Å²) in [5, 5.41) is 7.59. The van der Waals surface area contributed by atoms with E-state index in [0.29, 0.717) is 17.9 Å². The summed E-state index contributed by atoms with van der Waals surface area (Å²) in [5.41, 5.74) is 0. The highest BCUT2D eigenvalue weighted by atomic mass is 16.5. The smallest absolute Gasteiger partial charge is 0.228 e. The van der Waals surface area contributed by atoms with Gasteiger partial charge in [-0.3, -0.25) is 0 Å². The van der Waals surface area contributed by atoms with Crippen LogP contribution < -0.4 is 5.32 Å². The van der Waals surface area contributed by atoms with Crippen molar-refractivity contribution in [2.45, 2.75) is 52.0 Å². The summed E-state index contributed by atoms with van der Waals surface area (Å²) in [6.07, 6.45) is 2.94. The van der Waals surface area contributed by atoms with Gasteiger partial charge in [0.1, 0.15) is 0 Å². The molecular formula is C14H25N3O2. The van der Waals surface area contributed by atoms with Gasteiger partial charge in [0.2, 0.25) is 5.89 Å². The van der Waals surface area contributed by atoms with Gasteiger partial charge in [0.05, 0.1) is 6.61 Å². The fourth-order valence-corrected chi connectivity index (χ4v) is 2.56. The van der Waals surface area contributed by atoms with Crippen molar-refractivity contribution in [2.75, 3.05) is 19.8 Å². The van der Waals surface area contributed by atoms with Crippen molar-refractivity contribution >= 4 is 0 Å². The molecule has 5 nitrogen and oxygen atoms in total. The average molecular weight is 267 g/mol. The Balaban J connectivity index is 1.92. The minimum atomic E-state index is 0.320. The second-order valence-electron chi connectivity index (χ2n) is 5.70. The predicted octanol–water partition coefficient (Wildman–Crippen LogP) is 2.14. The topological polar surface area (TPSA) is 60.2 Å². The molecule has 0 radical (unpaired) electrons. The molecule has 1 aliphatic rings. The van der Waals surface area contributed by atoms with Crippen LogP contribution in [0.3, 0.4) is 0 Å². The number of hydrogen-bond donors (Lipinski definition) is 1. The van der Waals surface area contributed by atoms with E-state index < -0.39 is 0 Å². The molecule has 1 aliphatic heterocycles. The normalized spacial score (nSPS) is 21.2. The molecule has 1 fully saturated rings. The van der Waals surface area contributed by atoms with Gasteiger partial charge in [-0.25, -0.2) is 0 Å². The van der Waals surface area contributed by atoms with Crippen LogP contribution in [0.5, 0.6) is 0 Å². The van der Waals surface area contributed by atoms with Crippen LogP contribution in [0.2, 0.25) is 0 Å². The zero-order chi connectivity index (χ0) is 13.7. The Morgan fingerprint density at radius 2 is 2.26 bits per heavy atom. The molecule has 0 aliphatic carbocycles. The fourth-order valence-electron chi connectivity index (χ4n) is 2.56. The molecule has 108 valence electrons. The summed E-state index contributed by atoms with van der Waals surface area (Å²) in [6, 6.07) is 0.415. The van der Waals surface area contributed by atoms with Crippen LogP contribution in [0, 0.1) is 5.92 Å². The lowest BCUT2D eigenvalue weighted by Crippen LogP contribution is -2.32. The molecule has 0 bridgehead atoms. The third-order valence-electron chi connectivity index (χ3n) is 3.45. The van der Waals surface area contributed by atoms with Crippen LogP contribution in [0.15, 0.2) is 4.52 Å². The largest absolute Gasteiger partial charge is 0.381 e. The van der Waals surface area contributed by atoms with E-state index in [4.69, 9.17) is 9.26 Å². The first kappa shape index (κ1) is 14.5.